The summed E-state index contributed by atoms with van der Waals surface area (Å²) < 4.78 is 72.2. The Hall–Kier alpha value is -2.09. The van der Waals surface area contributed by atoms with E-state index in [0.29, 0.717) is 39.1 Å². The van der Waals surface area contributed by atoms with Crippen molar-refractivity contribution in [3.8, 4) is 5.75 Å². The molecule has 2 aliphatic heterocycles. The lowest BCUT2D eigenvalue weighted by atomic mass is 10.1. The van der Waals surface area contributed by atoms with Gasteiger partial charge in [0.2, 0.25) is 10.0 Å². The maximum Gasteiger partial charge on any atom is 0.573 e. The van der Waals surface area contributed by atoms with Gasteiger partial charge in [-0.05, 0) is 37.1 Å². The second kappa shape index (κ2) is 9.37. The first kappa shape index (κ1) is 22.6. The number of carbonyl (C=O) groups excluding carboxylic acids is 1. The average Bonchev–Trinajstić information content (AvgIpc) is 2.72. The Morgan fingerprint density at radius 1 is 1.07 bits per heavy atom. The summed E-state index contributed by atoms with van der Waals surface area (Å²) in [5, 5.41) is 0. The second-order valence-electron chi connectivity index (χ2n) is 6.75. The number of morpholine rings is 1. The largest absolute Gasteiger partial charge is 0.573 e. The van der Waals surface area contributed by atoms with E-state index in [9.17, 15) is 26.4 Å². The lowest BCUT2D eigenvalue weighted by molar-refractivity contribution is -0.274. The molecule has 13 heteroatoms. The Labute approximate surface area is 171 Å². The number of halogens is 3. The zero-order valence-electron chi connectivity index (χ0n) is 15.9. The number of nitrogens with zero attached hydrogens (tertiary/aromatic N) is 2. The van der Waals surface area contributed by atoms with Gasteiger partial charge in [-0.15, -0.1) is 13.2 Å². The first-order chi connectivity index (χ1) is 14.1. The molecule has 0 atom stereocenters. The Morgan fingerprint density at radius 2 is 1.67 bits per heavy atom. The van der Waals surface area contributed by atoms with Gasteiger partial charge in [-0.1, -0.05) is 0 Å². The summed E-state index contributed by atoms with van der Waals surface area (Å²) in [6.45, 7) is 2.18. The number of benzene rings is 1. The quantitative estimate of drug-likeness (QED) is 0.682. The van der Waals surface area contributed by atoms with E-state index in [1.54, 1.807) is 4.90 Å². The SMILES string of the molecule is O=C(NOC1CCN(S(=O)(=O)c2ccc(OC(F)(F)F)cc2)CC1)N1CCOCC1. The molecule has 168 valence electrons. The van der Waals surface area contributed by atoms with E-state index >= 15 is 0 Å². The highest BCUT2D eigenvalue weighted by molar-refractivity contribution is 7.89. The van der Waals surface area contributed by atoms with Crippen LogP contribution in [0.1, 0.15) is 12.8 Å². The molecule has 1 aromatic rings. The molecule has 1 aromatic carbocycles. The summed E-state index contributed by atoms with van der Waals surface area (Å²) in [7, 11) is -3.86. The van der Waals surface area contributed by atoms with Gasteiger partial charge < -0.3 is 14.4 Å². The van der Waals surface area contributed by atoms with Crippen LogP contribution in [0.4, 0.5) is 18.0 Å². The molecule has 2 amide bonds. The zero-order valence-corrected chi connectivity index (χ0v) is 16.7. The summed E-state index contributed by atoms with van der Waals surface area (Å²) in [6.07, 6.45) is -4.47. The number of rotatable bonds is 5. The van der Waals surface area contributed by atoms with Gasteiger partial charge in [0, 0.05) is 26.2 Å². The number of nitrogens with one attached hydrogen (secondary N) is 1. The van der Waals surface area contributed by atoms with E-state index in [0.717, 1.165) is 24.3 Å². The summed E-state index contributed by atoms with van der Waals surface area (Å²) in [6, 6.07) is 3.69. The molecule has 0 unspecified atom stereocenters. The van der Waals surface area contributed by atoms with Gasteiger partial charge in [0.25, 0.3) is 0 Å². The zero-order chi connectivity index (χ0) is 21.8. The molecule has 0 spiro atoms. The summed E-state index contributed by atoms with van der Waals surface area (Å²) >= 11 is 0. The summed E-state index contributed by atoms with van der Waals surface area (Å²) in [5.41, 5.74) is 2.39. The van der Waals surface area contributed by atoms with Crippen molar-refractivity contribution in [3.05, 3.63) is 24.3 Å². The fraction of sp³-hybridized carbons (Fsp3) is 0.588. The molecule has 0 saturated carbocycles. The number of piperidine rings is 1. The summed E-state index contributed by atoms with van der Waals surface area (Å²) in [5.74, 6) is -0.496. The fourth-order valence-electron chi connectivity index (χ4n) is 3.12. The molecule has 30 heavy (non-hydrogen) atoms. The minimum atomic E-state index is -4.85. The molecule has 0 radical (unpaired) electrons. The van der Waals surface area contributed by atoms with Gasteiger partial charge in [0.1, 0.15) is 5.75 Å². The van der Waals surface area contributed by atoms with E-state index < -0.39 is 22.1 Å². The van der Waals surface area contributed by atoms with Gasteiger partial charge in [-0.3, -0.25) is 4.84 Å². The van der Waals surface area contributed by atoms with Crippen LogP contribution in [0.3, 0.4) is 0 Å². The number of sulfonamides is 1. The van der Waals surface area contributed by atoms with Crippen molar-refractivity contribution >= 4 is 16.1 Å². The van der Waals surface area contributed by atoms with Crippen molar-refractivity contribution in [3.63, 3.8) is 0 Å². The number of urea groups is 1. The third kappa shape index (κ3) is 5.97. The Morgan fingerprint density at radius 3 is 2.23 bits per heavy atom. The standard InChI is InChI=1S/C17H22F3N3O6S/c18-17(19,20)28-13-1-3-15(4-2-13)30(25,26)23-7-5-14(6-8-23)29-21-16(24)22-9-11-27-12-10-22/h1-4,14H,5-12H2,(H,21,24). The second-order valence-corrected chi connectivity index (χ2v) is 8.69. The average molecular weight is 453 g/mol. The number of carbonyl (C=O) groups is 1. The number of amides is 2. The van der Waals surface area contributed by atoms with E-state index in [4.69, 9.17) is 9.57 Å². The van der Waals surface area contributed by atoms with E-state index in [-0.39, 0.29) is 30.1 Å². The number of hydrogen-bond donors (Lipinski definition) is 1. The predicted octanol–water partition coefficient (Wildman–Crippen LogP) is 1.71. The Balaban J connectivity index is 1.49. The van der Waals surface area contributed by atoms with Gasteiger partial charge in [0.15, 0.2) is 0 Å². The van der Waals surface area contributed by atoms with E-state index in [1.807, 2.05) is 0 Å². The Bertz CT molecular complexity index is 820. The number of hydroxylamine groups is 1. The highest BCUT2D eigenvalue weighted by Crippen LogP contribution is 2.26. The normalized spacial score (nSPS) is 19.5. The van der Waals surface area contributed by atoms with Crippen molar-refractivity contribution < 1.29 is 40.7 Å². The molecule has 0 aromatic heterocycles. The van der Waals surface area contributed by atoms with Crippen LogP contribution in [0.15, 0.2) is 29.2 Å². The number of ether oxygens (including phenoxy) is 2. The maximum absolute atomic E-state index is 12.7. The molecule has 2 saturated heterocycles. The molecule has 2 aliphatic rings. The third-order valence-electron chi connectivity index (χ3n) is 4.71. The molecule has 0 bridgehead atoms. The van der Waals surface area contributed by atoms with Crippen LogP contribution in [-0.4, -0.2) is 75.5 Å². The van der Waals surface area contributed by atoms with Gasteiger partial charge in [0.05, 0.1) is 24.2 Å². The van der Waals surface area contributed by atoms with Crippen molar-refractivity contribution in [2.75, 3.05) is 39.4 Å². The molecular weight excluding hydrogens is 431 g/mol. The minimum Gasteiger partial charge on any atom is -0.406 e. The number of alkyl halides is 3. The van der Waals surface area contributed by atoms with Gasteiger partial charge >= 0.3 is 12.4 Å². The first-order valence-corrected chi connectivity index (χ1v) is 10.7. The molecule has 0 aliphatic carbocycles. The van der Waals surface area contributed by atoms with Crippen LogP contribution in [0.25, 0.3) is 0 Å². The van der Waals surface area contributed by atoms with Crippen LogP contribution >= 0.6 is 0 Å². The van der Waals surface area contributed by atoms with Crippen LogP contribution < -0.4 is 10.2 Å². The van der Waals surface area contributed by atoms with Crippen molar-refractivity contribution in [2.24, 2.45) is 0 Å². The van der Waals surface area contributed by atoms with E-state index in [1.165, 1.54) is 4.31 Å². The monoisotopic (exact) mass is 453 g/mol. The molecule has 2 fully saturated rings. The van der Waals surface area contributed by atoms with Crippen LogP contribution in [0.2, 0.25) is 0 Å². The smallest absolute Gasteiger partial charge is 0.406 e. The molecule has 1 N–H and O–H groups in total. The highest BCUT2D eigenvalue weighted by atomic mass is 32.2. The van der Waals surface area contributed by atoms with Crippen LogP contribution in [-0.2, 0) is 19.6 Å². The predicted molar refractivity (Wildman–Crippen MR) is 96.9 cm³/mol. The van der Waals surface area contributed by atoms with Gasteiger partial charge in [-0.25, -0.2) is 18.7 Å². The molecular formula is C17H22F3N3O6S. The molecule has 3 rings (SSSR count). The van der Waals surface area contributed by atoms with E-state index in [2.05, 4.69) is 10.2 Å². The first-order valence-electron chi connectivity index (χ1n) is 9.29. The molecule has 2 heterocycles. The third-order valence-corrected chi connectivity index (χ3v) is 6.62. The van der Waals surface area contributed by atoms with Crippen molar-refractivity contribution in [1.82, 2.24) is 14.7 Å². The lowest BCUT2D eigenvalue weighted by Crippen LogP contribution is -2.48. The number of hydrogen-bond acceptors (Lipinski definition) is 6. The topological polar surface area (TPSA) is 97.4 Å². The van der Waals surface area contributed by atoms with Crippen LogP contribution in [0.5, 0.6) is 5.75 Å². The lowest BCUT2D eigenvalue weighted by Gasteiger charge is -2.32. The summed E-state index contributed by atoms with van der Waals surface area (Å²) in [4.78, 5) is 18.8. The van der Waals surface area contributed by atoms with Crippen LogP contribution in [0, 0.1) is 0 Å². The fourth-order valence-corrected chi connectivity index (χ4v) is 4.59. The van der Waals surface area contributed by atoms with Crippen molar-refractivity contribution in [2.45, 2.75) is 30.2 Å². The van der Waals surface area contributed by atoms with Crippen molar-refractivity contribution in [1.29, 1.82) is 0 Å². The van der Waals surface area contributed by atoms with Gasteiger partial charge in [-0.2, -0.15) is 4.31 Å². The maximum atomic E-state index is 12.7. The Kier molecular flexibility index (Phi) is 7.06. The molecule has 9 nitrogen and oxygen atoms in total. The minimum absolute atomic E-state index is 0.128. The highest BCUT2D eigenvalue weighted by Gasteiger charge is 2.33.